The number of nitrogens with zero attached hydrogens (tertiary/aromatic N) is 1. The predicted octanol–water partition coefficient (Wildman–Crippen LogP) is 14.8. The van der Waals surface area contributed by atoms with Crippen LogP contribution in [0, 0.1) is 0 Å². The Hall–Kier alpha value is -0.990. The Kier molecular flexibility index (Phi) is 41.6. The molecular weight excluding hydrogens is 762 g/mol. The summed E-state index contributed by atoms with van der Waals surface area (Å²) in [4.78, 5) is 35.2. The standard InChI is InChI=1S/C49H98NO8P/c1-6-8-10-12-14-15-16-17-18-19-20-21-22-23-24-25-26-27-28-29-30-31-32-33-34-35-36-38-40-42-49(52)58-47(45-55-48(51)41-39-37-13-11-9-7-2)46-57-59(53,54)56-44-43-50(3,4)5/h47H,6-46H2,1-5H3/p+1. The van der Waals surface area contributed by atoms with Gasteiger partial charge in [0.15, 0.2) is 6.10 Å². The number of ether oxygens (including phenoxy) is 2. The highest BCUT2D eigenvalue weighted by Gasteiger charge is 2.27. The summed E-state index contributed by atoms with van der Waals surface area (Å²) in [5.74, 6) is -0.793. The maximum absolute atomic E-state index is 12.7. The Balaban J connectivity index is 3.89. The Morgan fingerprint density at radius 1 is 0.458 bits per heavy atom. The van der Waals surface area contributed by atoms with Crippen molar-refractivity contribution in [1.82, 2.24) is 0 Å². The van der Waals surface area contributed by atoms with E-state index < -0.39 is 26.5 Å². The van der Waals surface area contributed by atoms with Crippen molar-refractivity contribution >= 4 is 19.8 Å². The van der Waals surface area contributed by atoms with Crippen molar-refractivity contribution < 1.29 is 42.1 Å². The van der Waals surface area contributed by atoms with Gasteiger partial charge in [-0.15, -0.1) is 0 Å². The van der Waals surface area contributed by atoms with Crippen LogP contribution in [0.2, 0.25) is 0 Å². The number of phosphoric ester groups is 1. The van der Waals surface area contributed by atoms with E-state index in [9.17, 15) is 19.0 Å². The van der Waals surface area contributed by atoms with E-state index in [2.05, 4.69) is 13.8 Å². The number of carbonyl (C=O) groups excluding carboxylic acids is 2. The Bertz CT molecular complexity index is 974. The van der Waals surface area contributed by atoms with E-state index in [1.165, 1.54) is 186 Å². The number of phosphoric acid groups is 1. The molecule has 0 aromatic heterocycles. The van der Waals surface area contributed by atoms with Gasteiger partial charge < -0.3 is 18.9 Å². The molecule has 1 N–H and O–H groups in total. The van der Waals surface area contributed by atoms with E-state index in [-0.39, 0.29) is 25.6 Å². The van der Waals surface area contributed by atoms with E-state index in [1.807, 2.05) is 21.1 Å². The van der Waals surface area contributed by atoms with Gasteiger partial charge in [-0.3, -0.25) is 18.6 Å². The molecule has 0 saturated carbocycles. The lowest BCUT2D eigenvalue weighted by atomic mass is 10.0. The highest BCUT2D eigenvalue weighted by molar-refractivity contribution is 7.47. The van der Waals surface area contributed by atoms with Crippen molar-refractivity contribution in [2.45, 2.75) is 258 Å². The summed E-state index contributed by atoms with van der Waals surface area (Å²) in [6, 6.07) is 0. The minimum absolute atomic E-state index is 0.0364. The highest BCUT2D eigenvalue weighted by atomic mass is 31.2. The molecule has 0 fully saturated rings. The summed E-state index contributed by atoms with van der Waals surface area (Å²) in [6.07, 6.45) is 45.0. The molecule has 0 aliphatic rings. The fourth-order valence-corrected chi connectivity index (χ4v) is 8.17. The largest absolute Gasteiger partial charge is 0.472 e. The SMILES string of the molecule is CCCCCCCCCCCCCCCCCCCCCCCCCCCCCCCC(=O)OC(COC(=O)CCCCCCCC)COP(=O)(O)OCC[N+](C)(C)C. The zero-order chi connectivity index (χ0) is 43.6. The first-order valence-corrected chi connectivity index (χ1v) is 26.8. The Labute approximate surface area is 365 Å². The quantitative estimate of drug-likeness (QED) is 0.0279. The van der Waals surface area contributed by atoms with Crippen molar-refractivity contribution in [3.05, 3.63) is 0 Å². The molecule has 0 aliphatic carbocycles. The average molecular weight is 861 g/mol. The van der Waals surface area contributed by atoms with Crippen LogP contribution < -0.4 is 0 Å². The van der Waals surface area contributed by atoms with Gasteiger partial charge in [0.2, 0.25) is 0 Å². The molecule has 0 saturated heterocycles. The fraction of sp³-hybridized carbons (Fsp3) is 0.959. The van der Waals surface area contributed by atoms with Gasteiger partial charge in [-0.25, -0.2) is 4.57 Å². The second-order valence-corrected chi connectivity index (χ2v) is 20.0. The van der Waals surface area contributed by atoms with Crippen LogP contribution in [0.3, 0.4) is 0 Å². The summed E-state index contributed by atoms with van der Waals surface area (Å²) in [7, 11) is 1.49. The summed E-state index contributed by atoms with van der Waals surface area (Å²) >= 11 is 0. The first-order chi connectivity index (χ1) is 28.5. The minimum Gasteiger partial charge on any atom is -0.462 e. The number of esters is 2. The van der Waals surface area contributed by atoms with E-state index in [1.54, 1.807) is 0 Å². The zero-order valence-corrected chi connectivity index (χ0v) is 40.7. The monoisotopic (exact) mass is 861 g/mol. The van der Waals surface area contributed by atoms with Crippen molar-refractivity contribution in [3.8, 4) is 0 Å². The zero-order valence-electron chi connectivity index (χ0n) is 39.8. The van der Waals surface area contributed by atoms with E-state index in [0.717, 1.165) is 38.5 Å². The molecule has 0 aromatic rings. The lowest BCUT2D eigenvalue weighted by Gasteiger charge is -2.24. The van der Waals surface area contributed by atoms with Gasteiger partial charge >= 0.3 is 19.8 Å². The number of likely N-dealkylation sites (N-methyl/N-ethyl adjacent to an activating group) is 1. The van der Waals surface area contributed by atoms with Crippen LogP contribution in [0.4, 0.5) is 0 Å². The number of rotatable bonds is 47. The molecule has 2 unspecified atom stereocenters. The van der Waals surface area contributed by atoms with E-state index >= 15 is 0 Å². The van der Waals surface area contributed by atoms with Gasteiger partial charge in [-0.2, -0.15) is 0 Å². The molecule has 0 aliphatic heterocycles. The van der Waals surface area contributed by atoms with Gasteiger partial charge in [0.05, 0.1) is 27.7 Å². The lowest BCUT2D eigenvalue weighted by Crippen LogP contribution is -2.37. The molecule has 0 rings (SSSR count). The molecule has 352 valence electrons. The summed E-state index contributed by atoms with van der Waals surface area (Å²) in [6.45, 7) is 4.40. The van der Waals surface area contributed by atoms with E-state index in [0.29, 0.717) is 17.4 Å². The molecule has 9 nitrogen and oxygen atoms in total. The van der Waals surface area contributed by atoms with Crippen LogP contribution >= 0.6 is 7.82 Å². The van der Waals surface area contributed by atoms with Crippen LogP contribution in [-0.2, 0) is 32.7 Å². The van der Waals surface area contributed by atoms with Gasteiger partial charge in [0, 0.05) is 12.8 Å². The molecule has 10 heteroatoms. The number of hydrogen-bond acceptors (Lipinski definition) is 7. The summed E-state index contributed by atoms with van der Waals surface area (Å²) in [5.41, 5.74) is 0. The topological polar surface area (TPSA) is 108 Å². The van der Waals surface area contributed by atoms with Crippen molar-refractivity contribution in [3.63, 3.8) is 0 Å². The molecule has 0 spiro atoms. The third kappa shape index (κ3) is 46.3. The number of quaternary nitrogens is 1. The maximum atomic E-state index is 12.7. The van der Waals surface area contributed by atoms with Crippen LogP contribution in [0.25, 0.3) is 0 Å². The third-order valence-corrected chi connectivity index (χ3v) is 12.4. The van der Waals surface area contributed by atoms with Crippen LogP contribution in [0.1, 0.15) is 251 Å². The first kappa shape index (κ1) is 58.0. The van der Waals surface area contributed by atoms with Gasteiger partial charge in [-0.1, -0.05) is 226 Å². The summed E-state index contributed by atoms with van der Waals surface area (Å²) < 4.78 is 34.2. The van der Waals surface area contributed by atoms with Gasteiger partial charge in [-0.05, 0) is 12.8 Å². The van der Waals surface area contributed by atoms with Crippen LogP contribution in [0.5, 0.6) is 0 Å². The first-order valence-electron chi connectivity index (χ1n) is 25.3. The molecule has 59 heavy (non-hydrogen) atoms. The number of unbranched alkanes of at least 4 members (excludes halogenated alkanes) is 33. The second-order valence-electron chi connectivity index (χ2n) is 18.6. The fourth-order valence-electron chi connectivity index (χ4n) is 7.43. The number of carbonyl (C=O) groups is 2. The normalized spacial score (nSPS) is 13.4. The molecule has 0 aromatic carbocycles. The predicted molar refractivity (Wildman–Crippen MR) is 248 cm³/mol. The van der Waals surface area contributed by atoms with Gasteiger partial charge in [0.1, 0.15) is 19.8 Å². The van der Waals surface area contributed by atoms with Gasteiger partial charge in [0.25, 0.3) is 0 Å². The number of hydrogen-bond donors (Lipinski definition) is 1. The lowest BCUT2D eigenvalue weighted by molar-refractivity contribution is -0.870. The molecule has 2 atom stereocenters. The molecule has 0 amide bonds. The molecule has 0 heterocycles. The molecule has 0 radical (unpaired) electrons. The Morgan fingerprint density at radius 2 is 0.763 bits per heavy atom. The van der Waals surface area contributed by atoms with Crippen molar-refractivity contribution in [1.29, 1.82) is 0 Å². The smallest absolute Gasteiger partial charge is 0.462 e. The highest BCUT2D eigenvalue weighted by Crippen LogP contribution is 2.43. The summed E-state index contributed by atoms with van der Waals surface area (Å²) in [5, 5.41) is 0. The van der Waals surface area contributed by atoms with Crippen LogP contribution in [-0.4, -0.2) is 74.9 Å². The minimum atomic E-state index is -4.36. The maximum Gasteiger partial charge on any atom is 0.472 e. The van der Waals surface area contributed by atoms with Crippen molar-refractivity contribution in [2.75, 3.05) is 47.5 Å². The van der Waals surface area contributed by atoms with Crippen LogP contribution in [0.15, 0.2) is 0 Å². The third-order valence-electron chi connectivity index (χ3n) is 11.4. The van der Waals surface area contributed by atoms with E-state index in [4.69, 9.17) is 18.5 Å². The Morgan fingerprint density at radius 3 is 1.08 bits per heavy atom. The molecular formula is C49H99NO8P+. The second kappa shape index (κ2) is 42.3. The van der Waals surface area contributed by atoms with Crippen molar-refractivity contribution in [2.24, 2.45) is 0 Å². The average Bonchev–Trinajstić information content (AvgIpc) is 3.19. The molecule has 0 bridgehead atoms.